The Kier molecular flexibility index (Phi) is 6.95. The third-order valence-electron chi connectivity index (χ3n) is 5.99. The number of ether oxygens (including phenoxy) is 1. The van der Waals surface area contributed by atoms with E-state index in [1.165, 1.54) is 35.4 Å². The molecule has 1 N–H and O–H groups in total. The topological polar surface area (TPSA) is 115 Å². The Bertz CT molecular complexity index is 1360. The van der Waals surface area contributed by atoms with Crippen molar-refractivity contribution in [2.75, 3.05) is 13.1 Å². The van der Waals surface area contributed by atoms with Crippen LogP contribution in [0.1, 0.15) is 41.6 Å². The van der Waals surface area contributed by atoms with E-state index in [-0.39, 0.29) is 40.2 Å². The summed E-state index contributed by atoms with van der Waals surface area (Å²) in [4.78, 5) is 43.4. The number of hydrogen-bond acceptors (Lipinski definition) is 7. The molecule has 0 aromatic heterocycles. The lowest BCUT2D eigenvalue weighted by Gasteiger charge is -2.26. The first-order chi connectivity index (χ1) is 17.9. The lowest BCUT2D eigenvalue weighted by molar-refractivity contribution is -0.130. The van der Waals surface area contributed by atoms with Crippen molar-refractivity contribution >= 4 is 51.7 Å². The Balaban J connectivity index is 1.26. The first kappa shape index (κ1) is 24.6. The molecule has 2 amide bonds. The molecular formula is C26H22FN5O4S. The van der Waals surface area contributed by atoms with Crippen molar-refractivity contribution in [3.63, 3.8) is 0 Å². The van der Waals surface area contributed by atoms with Crippen molar-refractivity contribution in [2.45, 2.75) is 25.7 Å². The molecule has 2 aromatic carbocycles. The number of likely N-dealkylation sites (tertiary alicyclic amines) is 1. The Morgan fingerprint density at radius 1 is 1.05 bits per heavy atom. The number of amidine groups is 2. The highest BCUT2D eigenvalue weighted by Gasteiger charge is 2.36. The summed E-state index contributed by atoms with van der Waals surface area (Å²) in [6.07, 6.45) is 4.74. The van der Waals surface area contributed by atoms with E-state index in [9.17, 15) is 18.8 Å². The SMILES string of the molecule is N=C1C(=Cc2ccc(OC(=O)c3ccc(F)cc3)cc2)C(=O)N=C2SC(CC(=O)N3CCCCC3)=NN12. The van der Waals surface area contributed by atoms with Crippen LogP contribution in [0.5, 0.6) is 5.75 Å². The van der Waals surface area contributed by atoms with Gasteiger partial charge in [0.1, 0.15) is 16.6 Å². The number of esters is 1. The molecule has 3 aliphatic rings. The summed E-state index contributed by atoms with van der Waals surface area (Å²) in [5, 5.41) is 14.9. The highest BCUT2D eigenvalue weighted by molar-refractivity contribution is 8.27. The fourth-order valence-corrected chi connectivity index (χ4v) is 4.91. The molecule has 0 aliphatic carbocycles. The van der Waals surface area contributed by atoms with Gasteiger partial charge >= 0.3 is 5.97 Å². The maximum absolute atomic E-state index is 13.0. The molecule has 1 saturated heterocycles. The third kappa shape index (κ3) is 5.51. The smallest absolute Gasteiger partial charge is 0.343 e. The fourth-order valence-electron chi connectivity index (χ4n) is 4.04. The molecule has 0 bridgehead atoms. The number of aliphatic imine (C=N–C) groups is 1. The second kappa shape index (κ2) is 10.5. The van der Waals surface area contributed by atoms with Gasteiger partial charge in [0.25, 0.3) is 5.91 Å². The van der Waals surface area contributed by atoms with Gasteiger partial charge in [-0.15, -0.1) is 0 Å². The second-order valence-electron chi connectivity index (χ2n) is 8.60. The molecule has 0 spiro atoms. The van der Waals surface area contributed by atoms with E-state index in [4.69, 9.17) is 10.1 Å². The molecule has 0 unspecified atom stereocenters. The number of nitrogens with one attached hydrogen (secondary N) is 1. The predicted octanol–water partition coefficient (Wildman–Crippen LogP) is 4.07. The van der Waals surface area contributed by atoms with Gasteiger partial charge in [0.15, 0.2) is 5.84 Å². The van der Waals surface area contributed by atoms with Crippen LogP contribution in [0.4, 0.5) is 4.39 Å². The van der Waals surface area contributed by atoms with E-state index < -0.39 is 17.7 Å². The summed E-state index contributed by atoms with van der Waals surface area (Å²) in [5.41, 5.74) is 0.848. The number of rotatable bonds is 5. The quantitative estimate of drug-likeness (QED) is 0.362. The summed E-state index contributed by atoms with van der Waals surface area (Å²) in [5.74, 6) is -1.53. The Morgan fingerprint density at radius 2 is 1.76 bits per heavy atom. The standard InChI is InChI=1S/C26H22FN5O4S/c27-18-8-6-17(7-9-18)25(35)36-19-10-4-16(5-11-19)14-20-23(28)32-26(29-24(20)34)37-21(30-32)15-22(33)31-12-2-1-3-13-31/h4-11,14,28H,1-3,12-13,15H2. The number of piperidine rings is 1. The molecule has 0 atom stereocenters. The average Bonchev–Trinajstić information content (AvgIpc) is 3.30. The number of nitrogens with zero attached hydrogens (tertiary/aromatic N) is 4. The van der Waals surface area contributed by atoms with Crippen LogP contribution in [0.2, 0.25) is 0 Å². The van der Waals surface area contributed by atoms with Crippen LogP contribution in [-0.4, -0.2) is 56.8 Å². The van der Waals surface area contributed by atoms with Crippen LogP contribution in [-0.2, 0) is 9.59 Å². The van der Waals surface area contributed by atoms with E-state index in [2.05, 4.69) is 10.1 Å². The van der Waals surface area contributed by atoms with Crippen LogP contribution in [0, 0.1) is 11.2 Å². The lowest BCUT2D eigenvalue weighted by atomic mass is 10.1. The molecule has 9 nitrogen and oxygen atoms in total. The van der Waals surface area contributed by atoms with Crippen molar-refractivity contribution in [3.8, 4) is 5.75 Å². The van der Waals surface area contributed by atoms with Crippen LogP contribution in [0.25, 0.3) is 6.08 Å². The lowest BCUT2D eigenvalue weighted by Crippen LogP contribution is -2.36. The Hall–Kier alpha value is -4.12. The average molecular weight is 520 g/mol. The first-order valence-corrected chi connectivity index (χ1v) is 12.5. The van der Waals surface area contributed by atoms with E-state index in [1.807, 2.05) is 4.90 Å². The summed E-state index contributed by atoms with van der Waals surface area (Å²) in [7, 11) is 0. The van der Waals surface area contributed by atoms with Gasteiger partial charge in [-0.1, -0.05) is 12.1 Å². The predicted molar refractivity (Wildman–Crippen MR) is 138 cm³/mol. The minimum atomic E-state index is -0.629. The van der Waals surface area contributed by atoms with E-state index in [0.29, 0.717) is 10.6 Å². The highest BCUT2D eigenvalue weighted by Crippen LogP contribution is 2.30. The maximum atomic E-state index is 13.0. The number of halogens is 1. The number of benzene rings is 2. The molecule has 188 valence electrons. The van der Waals surface area contributed by atoms with Gasteiger partial charge in [0, 0.05) is 13.1 Å². The molecule has 0 saturated carbocycles. The number of carbonyl (C=O) groups excluding carboxylic acids is 3. The summed E-state index contributed by atoms with van der Waals surface area (Å²) in [6, 6.07) is 11.4. The summed E-state index contributed by atoms with van der Waals surface area (Å²) >= 11 is 1.13. The molecular weight excluding hydrogens is 497 g/mol. The van der Waals surface area contributed by atoms with Gasteiger partial charge < -0.3 is 9.64 Å². The number of carbonyl (C=O) groups is 3. The molecule has 11 heteroatoms. The van der Waals surface area contributed by atoms with Crippen molar-refractivity contribution in [3.05, 3.63) is 71.0 Å². The van der Waals surface area contributed by atoms with Crippen molar-refractivity contribution in [2.24, 2.45) is 10.1 Å². The Labute approximate surface area is 216 Å². The van der Waals surface area contributed by atoms with Crippen LogP contribution in [0.3, 0.4) is 0 Å². The molecule has 3 heterocycles. The monoisotopic (exact) mass is 519 g/mol. The Morgan fingerprint density at radius 3 is 2.46 bits per heavy atom. The molecule has 3 aliphatic heterocycles. The summed E-state index contributed by atoms with van der Waals surface area (Å²) < 4.78 is 18.3. The molecule has 0 radical (unpaired) electrons. The van der Waals surface area contributed by atoms with E-state index in [1.54, 1.807) is 24.3 Å². The van der Waals surface area contributed by atoms with Crippen molar-refractivity contribution < 1.29 is 23.5 Å². The van der Waals surface area contributed by atoms with Gasteiger partial charge in [0.05, 0.1) is 17.6 Å². The van der Waals surface area contributed by atoms with Gasteiger partial charge in [-0.3, -0.25) is 15.0 Å². The number of amides is 2. The van der Waals surface area contributed by atoms with Crippen molar-refractivity contribution in [1.29, 1.82) is 5.41 Å². The summed E-state index contributed by atoms with van der Waals surface area (Å²) in [6.45, 7) is 1.49. The van der Waals surface area contributed by atoms with Gasteiger partial charge in [-0.25, -0.2) is 9.18 Å². The number of hydrogen-bond donors (Lipinski definition) is 1. The number of hydrazone groups is 1. The minimum Gasteiger partial charge on any atom is -0.423 e. The maximum Gasteiger partial charge on any atom is 0.343 e. The zero-order valence-corrected chi connectivity index (χ0v) is 20.5. The zero-order valence-electron chi connectivity index (χ0n) is 19.6. The van der Waals surface area contributed by atoms with E-state index >= 15 is 0 Å². The van der Waals surface area contributed by atoms with Crippen LogP contribution < -0.4 is 4.74 Å². The molecule has 5 rings (SSSR count). The van der Waals surface area contributed by atoms with Gasteiger partial charge in [-0.05, 0) is 79.1 Å². The van der Waals surface area contributed by atoms with Crippen LogP contribution in [0.15, 0.2) is 64.2 Å². The largest absolute Gasteiger partial charge is 0.423 e. The van der Waals surface area contributed by atoms with Gasteiger partial charge in [-0.2, -0.15) is 15.1 Å². The van der Waals surface area contributed by atoms with Gasteiger partial charge in [0.2, 0.25) is 11.1 Å². The van der Waals surface area contributed by atoms with Crippen LogP contribution >= 0.6 is 11.8 Å². The fraction of sp³-hybridized carbons (Fsp3) is 0.231. The number of fused-ring (bicyclic) bond motifs is 1. The molecule has 2 aromatic rings. The minimum absolute atomic E-state index is 0.0137. The third-order valence-corrected chi connectivity index (χ3v) is 6.90. The zero-order chi connectivity index (χ0) is 25.9. The molecule has 37 heavy (non-hydrogen) atoms. The normalized spacial score (nSPS) is 18.5. The number of thioether (sulfide) groups is 1. The second-order valence-corrected chi connectivity index (χ2v) is 9.64. The van der Waals surface area contributed by atoms with E-state index in [0.717, 1.165) is 44.1 Å². The first-order valence-electron chi connectivity index (χ1n) is 11.7. The molecule has 1 fully saturated rings. The highest BCUT2D eigenvalue weighted by atomic mass is 32.2. The van der Waals surface area contributed by atoms with Crippen molar-refractivity contribution in [1.82, 2.24) is 9.91 Å².